The van der Waals surface area contributed by atoms with Crippen LogP contribution < -0.4 is 14.2 Å². The second-order valence-corrected chi connectivity index (χ2v) is 7.06. The van der Waals surface area contributed by atoms with Gasteiger partial charge in [0, 0.05) is 5.92 Å². The molecule has 0 bridgehead atoms. The molecule has 0 saturated carbocycles. The van der Waals surface area contributed by atoms with E-state index in [1.165, 1.54) is 7.11 Å². The average Bonchev–Trinajstić information content (AvgIpc) is 3.05. The molecule has 1 saturated heterocycles. The summed E-state index contributed by atoms with van der Waals surface area (Å²) in [7, 11) is 1.51. The molecule has 0 aromatic heterocycles. The Bertz CT molecular complexity index is 847. The fraction of sp³-hybridized carbons (Fsp3) is 0.435. The van der Waals surface area contributed by atoms with Crippen LogP contribution in [0.25, 0.3) is 0 Å². The highest BCUT2D eigenvalue weighted by Crippen LogP contribution is 2.34. The second-order valence-electron chi connectivity index (χ2n) is 7.06. The lowest BCUT2D eigenvalue weighted by molar-refractivity contribution is -0.141. The number of cyclic esters (lactones) is 1. The number of carbonyl (C=O) groups is 1. The molecular formula is C23H28O6. The number of carbonyl (C=O) groups excluding carboxylic acids is 1. The maximum atomic E-state index is 12.4. The molecule has 1 N–H and O–H groups in total. The summed E-state index contributed by atoms with van der Waals surface area (Å²) in [5, 5.41) is 9.79. The third-order valence-electron chi connectivity index (χ3n) is 5.12. The Labute approximate surface area is 171 Å². The van der Waals surface area contributed by atoms with Gasteiger partial charge in [-0.1, -0.05) is 12.1 Å². The van der Waals surface area contributed by atoms with Gasteiger partial charge in [-0.25, -0.2) is 0 Å². The number of ether oxygens (including phenoxy) is 4. The second kappa shape index (κ2) is 9.54. The number of phenols is 1. The summed E-state index contributed by atoms with van der Waals surface area (Å²) in [5.74, 6) is 1.57. The number of aromatic hydroxyl groups is 1. The predicted octanol–water partition coefficient (Wildman–Crippen LogP) is 3.77. The lowest BCUT2D eigenvalue weighted by atomic mass is 9.85. The molecule has 2 aromatic rings. The van der Waals surface area contributed by atoms with E-state index in [4.69, 9.17) is 18.9 Å². The van der Waals surface area contributed by atoms with Crippen LogP contribution in [-0.2, 0) is 22.4 Å². The molecule has 6 heteroatoms. The molecule has 0 amide bonds. The fourth-order valence-corrected chi connectivity index (χ4v) is 3.68. The molecule has 156 valence electrons. The van der Waals surface area contributed by atoms with Gasteiger partial charge in [0.05, 0.1) is 32.8 Å². The van der Waals surface area contributed by atoms with Crippen LogP contribution in [0, 0.1) is 11.8 Å². The largest absolute Gasteiger partial charge is 0.504 e. The summed E-state index contributed by atoms with van der Waals surface area (Å²) in [4.78, 5) is 12.4. The molecule has 2 aromatic carbocycles. The van der Waals surface area contributed by atoms with Crippen molar-refractivity contribution in [2.24, 2.45) is 11.8 Å². The molecule has 2 atom stereocenters. The van der Waals surface area contributed by atoms with Gasteiger partial charge >= 0.3 is 5.97 Å². The van der Waals surface area contributed by atoms with Crippen molar-refractivity contribution in [3.05, 3.63) is 47.5 Å². The Morgan fingerprint density at radius 2 is 1.62 bits per heavy atom. The third kappa shape index (κ3) is 4.94. The first-order chi connectivity index (χ1) is 14.0. The van der Waals surface area contributed by atoms with E-state index in [-0.39, 0.29) is 23.6 Å². The number of benzene rings is 2. The van der Waals surface area contributed by atoms with Gasteiger partial charge in [-0.15, -0.1) is 0 Å². The Morgan fingerprint density at radius 3 is 2.34 bits per heavy atom. The van der Waals surface area contributed by atoms with Gasteiger partial charge < -0.3 is 24.1 Å². The van der Waals surface area contributed by atoms with Gasteiger partial charge in [-0.05, 0) is 62.1 Å². The summed E-state index contributed by atoms with van der Waals surface area (Å²) in [6, 6.07) is 11.1. The van der Waals surface area contributed by atoms with Crippen molar-refractivity contribution in [3.8, 4) is 23.0 Å². The molecule has 29 heavy (non-hydrogen) atoms. The first-order valence-electron chi connectivity index (χ1n) is 9.96. The minimum atomic E-state index is -0.244. The van der Waals surface area contributed by atoms with Gasteiger partial charge in [0.25, 0.3) is 0 Å². The zero-order chi connectivity index (χ0) is 20.8. The molecule has 1 fully saturated rings. The topological polar surface area (TPSA) is 74.2 Å². The fourth-order valence-electron chi connectivity index (χ4n) is 3.68. The highest BCUT2D eigenvalue weighted by molar-refractivity contribution is 5.75. The number of hydrogen-bond donors (Lipinski definition) is 1. The Kier molecular flexibility index (Phi) is 6.86. The van der Waals surface area contributed by atoms with Crippen LogP contribution >= 0.6 is 0 Å². The molecular weight excluding hydrogens is 372 g/mol. The van der Waals surface area contributed by atoms with E-state index in [1.807, 2.05) is 38.1 Å². The van der Waals surface area contributed by atoms with Gasteiger partial charge in [-0.2, -0.15) is 0 Å². The number of hydrogen-bond acceptors (Lipinski definition) is 6. The summed E-state index contributed by atoms with van der Waals surface area (Å²) in [6.07, 6.45) is 1.24. The third-order valence-corrected chi connectivity index (χ3v) is 5.12. The Hall–Kier alpha value is -2.89. The monoisotopic (exact) mass is 400 g/mol. The molecule has 6 nitrogen and oxygen atoms in total. The van der Waals surface area contributed by atoms with E-state index >= 15 is 0 Å². The van der Waals surface area contributed by atoms with E-state index in [9.17, 15) is 9.90 Å². The van der Waals surface area contributed by atoms with Crippen molar-refractivity contribution < 1.29 is 28.8 Å². The van der Waals surface area contributed by atoms with Crippen LogP contribution in [0.3, 0.4) is 0 Å². The standard InChI is InChI=1S/C23H28O6/c1-4-27-20-9-7-15(13-22(20)28-5-2)10-17-14-29-23(25)18(17)11-16-6-8-19(24)21(12-16)26-3/h6-9,12-13,17-18,24H,4-5,10-11,14H2,1-3H3/t17-,18+/m0/s1. The number of rotatable bonds is 9. The van der Waals surface area contributed by atoms with Crippen LogP contribution in [0.1, 0.15) is 25.0 Å². The van der Waals surface area contributed by atoms with Crippen LogP contribution in [0.5, 0.6) is 23.0 Å². The van der Waals surface area contributed by atoms with E-state index < -0.39 is 0 Å². The Morgan fingerprint density at radius 1 is 0.966 bits per heavy atom. The van der Waals surface area contributed by atoms with Crippen molar-refractivity contribution in [1.82, 2.24) is 0 Å². The minimum absolute atomic E-state index is 0.0646. The predicted molar refractivity (Wildman–Crippen MR) is 109 cm³/mol. The van der Waals surface area contributed by atoms with Crippen molar-refractivity contribution >= 4 is 5.97 Å². The van der Waals surface area contributed by atoms with E-state index in [0.29, 0.717) is 38.4 Å². The quantitative estimate of drug-likeness (QED) is 0.646. The lowest BCUT2D eigenvalue weighted by Crippen LogP contribution is -2.20. The molecule has 1 aliphatic heterocycles. The lowest BCUT2D eigenvalue weighted by Gasteiger charge is -2.17. The van der Waals surface area contributed by atoms with E-state index in [0.717, 1.165) is 22.6 Å². The molecule has 0 spiro atoms. The number of esters is 1. The first-order valence-corrected chi connectivity index (χ1v) is 9.96. The van der Waals surface area contributed by atoms with Gasteiger partial charge in [-0.3, -0.25) is 4.79 Å². The highest BCUT2D eigenvalue weighted by Gasteiger charge is 2.37. The van der Waals surface area contributed by atoms with Crippen LogP contribution in [0.2, 0.25) is 0 Å². The van der Waals surface area contributed by atoms with Crippen molar-refractivity contribution in [1.29, 1.82) is 0 Å². The SMILES string of the molecule is CCOc1ccc(C[C@H]2COC(=O)[C@@H]2Cc2ccc(O)c(OC)c2)cc1OCC. The maximum absolute atomic E-state index is 12.4. The van der Waals surface area contributed by atoms with Crippen LogP contribution in [-0.4, -0.2) is 38.0 Å². The van der Waals surface area contributed by atoms with Crippen molar-refractivity contribution in [3.63, 3.8) is 0 Å². The molecule has 1 aliphatic rings. The molecule has 0 radical (unpaired) electrons. The van der Waals surface area contributed by atoms with E-state index in [2.05, 4.69) is 0 Å². The summed E-state index contributed by atoms with van der Waals surface area (Å²) in [5.41, 5.74) is 2.00. The average molecular weight is 400 g/mol. The molecule has 0 aliphatic carbocycles. The van der Waals surface area contributed by atoms with Crippen molar-refractivity contribution in [2.45, 2.75) is 26.7 Å². The highest BCUT2D eigenvalue weighted by atomic mass is 16.5. The van der Waals surface area contributed by atoms with Gasteiger partial charge in [0.2, 0.25) is 0 Å². The normalized spacial score (nSPS) is 18.4. The minimum Gasteiger partial charge on any atom is -0.504 e. The smallest absolute Gasteiger partial charge is 0.309 e. The summed E-state index contributed by atoms with van der Waals surface area (Å²) >= 11 is 0. The molecule has 1 heterocycles. The van der Waals surface area contributed by atoms with Crippen LogP contribution in [0.15, 0.2) is 36.4 Å². The first kappa shape index (κ1) is 20.8. The van der Waals surface area contributed by atoms with E-state index in [1.54, 1.807) is 12.1 Å². The van der Waals surface area contributed by atoms with Gasteiger partial charge in [0.1, 0.15) is 0 Å². The Balaban J connectivity index is 1.76. The summed E-state index contributed by atoms with van der Waals surface area (Å²) in [6.45, 7) is 5.40. The number of methoxy groups -OCH3 is 1. The molecule has 0 unspecified atom stereocenters. The summed E-state index contributed by atoms with van der Waals surface area (Å²) < 4.78 is 21.9. The van der Waals surface area contributed by atoms with Crippen molar-refractivity contribution in [2.75, 3.05) is 26.9 Å². The zero-order valence-electron chi connectivity index (χ0n) is 17.1. The van der Waals surface area contributed by atoms with Crippen LogP contribution in [0.4, 0.5) is 0 Å². The molecule has 3 rings (SSSR count). The van der Waals surface area contributed by atoms with Gasteiger partial charge in [0.15, 0.2) is 23.0 Å². The maximum Gasteiger partial charge on any atom is 0.309 e. The zero-order valence-corrected chi connectivity index (χ0v) is 17.1. The number of phenolic OH excluding ortho intramolecular Hbond substituents is 1.